The zero-order valence-corrected chi connectivity index (χ0v) is 12.6. The lowest BCUT2D eigenvalue weighted by atomic mass is 10.3. The van der Waals surface area contributed by atoms with Crippen LogP contribution in [0.25, 0.3) is 5.82 Å². The van der Waals surface area contributed by atoms with Crippen molar-refractivity contribution in [3.8, 4) is 5.82 Å². The van der Waals surface area contributed by atoms with Gasteiger partial charge in [-0.15, -0.1) is 10.2 Å². The van der Waals surface area contributed by atoms with Gasteiger partial charge in [0.15, 0.2) is 11.5 Å². The number of carbonyl (C=O) groups is 1. The van der Waals surface area contributed by atoms with Gasteiger partial charge in [-0.2, -0.15) is 0 Å². The number of imidazole rings is 1. The second-order valence-corrected chi connectivity index (χ2v) is 5.17. The van der Waals surface area contributed by atoms with Crippen molar-refractivity contribution < 1.29 is 4.79 Å². The van der Waals surface area contributed by atoms with E-state index in [1.165, 1.54) is 0 Å². The molecule has 2 heterocycles. The molecule has 22 heavy (non-hydrogen) atoms. The molecule has 0 fully saturated rings. The monoisotopic (exact) mass is 333 g/mol. The molecule has 0 bridgehead atoms. The van der Waals surface area contributed by atoms with Crippen molar-refractivity contribution in [2.45, 2.75) is 0 Å². The number of nitrogens with zero attached hydrogens (tertiary/aromatic N) is 4. The number of anilines is 1. The van der Waals surface area contributed by atoms with E-state index in [0.29, 0.717) is 21.6 Å². The Balaban J connectivity index is 1.77. The van der Waals surface area contributed by atoms with Gasteiger partial charge in [-0.25, -0.2) is 4.98 Å². The van der Waals surface area contributed by atoms with Gasteiger partial charge in [0.25, 0.3) is 5.91 Å². The molecule has 1 N–H and O–H groups in total. The van der Waals surface area contributed by atoms with Crippen LogP contribution >= 0.6 is 23.2 Å². The minimum absolute atomic E-state index is 0.176. The van der Waals surface area contributed by atoms with Crippen molar-refractivity contribution in [3.05, 3.63) is 64.8 Å². The molecule has 110 valence electrons. The molecule has 2 aromatic heterocycles. The van der Waals surface area contributed by atoms with Crippen LogP contribution in [0.15, 0.2) is 49.1 Å². The maximum Gasteiger partial charge on any atom is 0.276 e. The van der Waals surface area contributed by atoms with Crippen molar-refractivity contribution in [1.29, 1.82) is 0 Å². The van der Waals surface area contributed by atoms with Gasteiger partial charge in [0, 0.05) is 17.4 Å². The maximum atomic E-state index is 12.1. The van der Waals surface area contributed by atoms with Gasteiger partial charge in [0.05, 0.1) is 10.7 Å². The normalized spacial score (nSPS) is 10.5. The SMILES string of the molecule is O=C(Nc1ccc(Cl)cc1Cl)c1ccc(-n2ccnc2)nn1. The van der Waals surface area contributed by atoms with Crippen molar-refractivity contribution in [2.24, 2.45) is 0 Å². The number of carbonyl (C=O) groups excluding carboxylic acids is 1. The number of hydrogen-bond acceptors (Lipinski definition) is 4. The average molecular weight is 334 g/mol. The van der Waals surface area contributed by atoms with Crippen LogP contribution in [0.2, 0.25) is 10.0 Å². The Morgan fingerprint density at radius 2 is 2.00 bits per heavy atom. The van der Waals surface area contributed by atoms with E-state index in [9.17, 15) is 4.79 Å². The highest BCUT2D eigenvalue weighted by Crippen LogP contribution is 2.25. The Labute approximate surface area is 135 Å². The van der Waals surface area contributed by atoms with E-state index in [1.807, 2.05) is 0 Å². The lowest BCUT2D eigenvalue weighted by molar-refractivity contribution is 0.102. The third-order valence-electron chi connectivity index (χ3n) is 2.83. The van der Waals surface area contributed by atoms with Crippen LogP contribution in [0.1, 0.15) is 10.5 Å². The molecule has 1 aromatic carbocycles. The highest BCUT2D eigenvalue weighted by Gasteiger charge is 2.11. The first kappa shape index (κ1) is 14.5. The first-order valence-electron chi connectivity index (χ1n) is 6.22. The van der Waals surface area contributed by atoms with E-state index in [4.69, 9.17) is 23.2 Å². The van der Waals surface area contributed by atoms with Crippen LogP contribution in [-0.4, -0.2) is 25.7 Å². The number of nitrogens with one attached hydrogen (secondary N) is 1. The van der Waals surface area contributed by atoms with E-state index in [1.54, 1.807) is 53.6 Å². The summed E-state index contributed by atoms with van der Waals surface area (Å²) < 4.78 is 1.69. The lowest BCUT2D eigenvalue weighted by Crippen LogP contribution is -2.15. The third-order valence-corrected chi connectivity index (χ3v) is 3.38. The molecule has 8 heteroatoms. The van der Waals surface area contributed by atoms with Gasteiger partial charge in [0.2, 0.25) is 0 Å². The molecule has 1 amide bonds. The van der Waals surface area contributed by atoms with E-state index in [2.05, 4.69) is 20.5 Å². The van der Waals surface area contributed by atoms with Crippen LogP contribution < -0.4 is 5.32 Å². The number of hydrogen-bond donors (Lipinski definition) is 1. The number of halogens is 2. The zero-order valence-electron chi connectivity index (χ0n) is 11.1. The summed E-state index contributed by atoms with van der Waals surface area (Å²) in [6, 6.07) is 8.05. The molecule has 0 atom stereocenters. The molecule has 3 aromatic rings. The summed E-state index contributed by atoms with van der Waals surface area (Å²) in [6.45, 7) is 0. The maximum absolute atomic E-state index is 12.1. The number of aromatic nitrogens is 4. The van der Waals surface area contributed by atoms with Crippen LogP contribution in [-0.2, 0) is 0 Å². The predicted molar refractivity (Wildman–Crippen MR) is 83.6 cm³/mol. The summed E-state index contributed by atoms with van der Waals surface area (Å²) in [7, 11) is 0. The fraction of sp³-hybridized carbons (Fsp3) is 0. The van der Waals surface area contributed by atoms with Gasteiger partial charge in [0.1, 0.15) is 6.33 Å². The largest absolute Gasteiger partial charge is 0.319 e. The van der Waals surface area contributed by atoms with Crippen molar-refractivity contribution in [3.63, 3.8) is 0 Å². The smallest absolute Gasteiger partial charge is 0.276 e. The van der Waals surface area contributed by atoms with E-state index < -0.39 is 5.91 Å². The molecule has 0 aliphatic carbocycles. The number of rotatable bonds is 3. The first-order chi connectivity index (χ1) is 10.6. The van der Waals surface area contributed by atoms with Gasteiger partial charge < -0.3 is 5.32 Å². The molecule has 6 nitrogen and oxygen atoms in total. The Morgan fingerprint density at radius 3 is 2.64 bits per heavy atom. The average Bonchev–Trinajstić information content (AvgIpc) is 3.04. The van der Waals surface area contributed by atoms with Gasteiger partial charge in [-0.1, -0.05) is 23.2 Å². The van der Waals surface area contributed by atoms with Gasteiger partial charge in [-0.3, -0.25) is 9.36 Å². The standard InChI is InChI=1S/C14H9Cl2N5O/c15-9-1-2-11(10(16)7-9)18-14(22)12-3-4-13(20-19-12)21-6-5-17-8-21/h1-8H,(H,18,22). The molecule has 0 radical (unpaired) electrons. The highest BCUT2D eigenvalue weighted by molar-refractivity contribution is 6.36. The molecular formula is C14H9Cl2N5O. The topological polar surface area (TPSA) is 72.7 Å². The van der Waals surface area contributed by atoms with Crippen LogP contribution in [0.4, 0.5) is 5.69 Å². The van der Waals surface area contributed by atoms with Crippen LogP contribution in [0.3, 0.4) is 0 Å². The molecule has 0 unspecified atom stereocenters. The predicted octanol–water partition coefficient (Wildman–Crippen LogP) is 3.22. The molecule has 0 saturated carbocycles. The second-order valence-electron chi connectivity index (χ2n) is 4.33. The van der Waals surface area contributed by atoms with Crippen molar-refractivity contribution in [2.75, 3.05) is 5.32 Å². The van der Waals surface area contributed by atoms with Crippen molar-refractivity contribution >= 4 is 34.8 Å². The highest BCUT2D eigenvalue weighted by atomic mass is 35.5. The summed E-state index contributed by atoms with van der Waals surface area (Å²) in [5, 5.41) is 11.4. The first-order valence-corrected chi connectivity index (χ1v) is 6.97. The van der Waals surface area contributed by atoms with E-state index in [0.717, 1.165) is 0 Å². The minimum atomic E-state index is -0.408. The number of benzene rings is 1. The zero-order chi connectivity index (χ0) is 15.5. The Morgan fingerprint density at radius 1 is 1.14 bits per heavy atom. The van der Waals surface area contributed by atoms with E-state index >= 15 is 0 Å². The summed E-state index contributed by atoms with van der Waals surface area (Å²) in [4.78, 5) is 16.0. The molecule has 0 aliphatic heterocycles. The Bertz CT molecular complexity index is 803. The van der Waals surface area contributed by atoms with Gasteiger partial charge >= 0.3 is 0 Å². The van der Waals surface area contributed by atoms with Crippen LogP contribution in [0.5, 0.6) is 0 Å². The van der Waals surface area contributed by atoms with E-state index in [-0.39, 0.29) is 5.69 Å². The summed E-state index contributed by atoms with van der Waals surface area (Å²) in [5.41, 5.74) is 0.631. The molecule has 0 aliphatic rings. The summed E-state index contributed by atoms with van der Waals surface area (Å²) in [6.07, 6.45) is 4.96. The van der Waals surface area contributed by atoms with Crippen LogP contribution in [0, 0.1) is 0 Å². The molecule has 3 rings (SSSR count). The molecular weight excluding hydrogens is 325 g/mol. The lowest BCUT2D eigenvalue weighted by Gasteiger charge is -2.07. The van der Waals surface area contributed by atoms with Crippen molar-refractivity contribution in [1.82, 2.24) is 19.7 Å². The molecule has 0 saturated heterocycles. The second kappa shape index (κ2) is 6.13. The Hall–Kier alpha value is -2.44. The fourth-order valence-electron chi connectivity index (χ4n) is 1.76. The number of amides is 1. The summed E-state index contributed by atoms with van der Waals surface area (Å²) >= 11 is 11.8. The quantitative estimate of drug-likeness (QED) is 0.798. The Kier molecular flexibility index (Phi) is 4.04. The summed E-state index contributed by atoms with van der Waals surface area (Å²) in [5.74, 6) is 0.160. The fourth-order valence-corrected chi connectivity index (χ4v) is 2.21. The minimum Gasteiger partial charge on any atom is -0.319 e. The third kappa shape index (κ3) is 3.08. The molecule has 0 spiro atoms. The van der Waals surface area contributed by atoms with Gasteiger partial charge in [-0.05, 0) is 30.3 Å².